The Hall–Kier alpha value is -2.87. The van der Waals surface area contributed by atoms with Crippen molar-refractivity contribution in [3.8, 4) is 17.6 Å². The minimum atomic E-state index is -1.17. The highest BCUT2D eigenvalue weighted by atomic mass is 16.5. The predicted octanol–water partition coefficient (Wildman–Crippen LogP) is 2.57. The van der Waals surface area contributed by atoms with E-state index < -0.39 is 5.97 Å². The molecule has 5 nitrogen and oxygen atoms in total. The van der Waals surface area contributed by atoms with Crippen molar-refractivity contribution in [3.63, 3.8) is 0 Å². The maximum absolute atomic E-state index is 10.6. The minimum Gasteiger partial charge on any atom is -0.550 e. The molecule has 0 fully saturated rings. The Morgan fingerprint density at radius 2 is 1.96 bits per heavy atom. The van der Waals surface area contributed by atoms with Gasteiger partial charge in [0, 0.05) is 28.9 Å². The van der Waals surface area contributed by atoms with Crippen LogP contribution in [0.1, 0.15) is 68.1 Å². The van der Waals surface area contributed by atoms with Gasteiger partial charge in [-0.2, -0.15) is 5.10 Å². The Labute approximate surface area is 166 Å². The zero-order valence-electron chi connectivity index (χ0n) is 16.7. The molecule has 0 N–H and O–H groups in total. The fourth-order valence-electron chi connectivity index (χ4n) is 3.84. The number of benzene rings is 1. The molecule has 0 unspecified atom stereocenters. The molecule has 2 heterocycles. The lowest BCUT2D eigenvalue weighted by Crippen LogP contribution is -2.32. The summed E-state index contributed by atoms with van der Waals surface area (Å²) in [5, 5.41) is 18.5. The van der Waals surface area contributed by atoms with Gasteiger partial charge in [-0.25, -0.2) is 0 Å². The summed E-state index contributed by atoms with van der Waals surface area (Å²) in [6.45, 7) is 7.34. The maximum Gasteiger partial charge on any atom is 0.136 e. The molecule has 0 aliphatic carbocycles. The largest absolute Gasteiger partial charge is 0.550 e. The average Bonchev–Trinajstić information content (AvgIpc) is 2.71. The van der Waals surface area contributed by atoms with Crippen LogP contribution in [0.3, 0.4) is 0 Å². The lowest BCUT2D eigenvalue weighted by atomic mass is 9.71. The van der Waals surface area contributed by atoms with Crippen LogP contribution < -0.4 is 9.84 Å². The number of nitrogens with zero attached hydrogens (tertiary/aromatic N) is 2. The highest BCUT2D eigenvalue weighted by Gasteiger charge is 2.35. The van der Waals surface area contributed by atoms with E-state index in [2.05, 4.69) is 54.9 Å². The average molecular weight is 377 g/mol. The highest BCUT2D eigenvalue weighted by molar-refractivity contribution is 5.67. The van der Waals surface area contributed by atoms with E-state index in [1.807, 2.05) is 0 Å². The molecule has 5 heteroatoms. The van der Waals surface area contributed by atoms with Gasteiger partial charge < -0.3 is 14.6 Å². The first-order valence-corrected chi connectivity index (χ1v) is 9.86. The zero-order chi connectivity index (χ0) is 20.1. The van der Waals surface area contributed by atoms with Crippen LogP contribution in [-0.2, 0) is 23.1 Å². The molecule has 3 rings (SSSR count). The SMILES string of the molecule is CCc1cc2c(cc1C#Cc1ccc(CC(=O)[O-])nn1)C(CC)(CC)CCO2. The van der Waals surface area contributed by atoms with Gasteiger partial charge in [0.05, 0.1) is 12.3 Å². The molecule has 0 atom stereocenters. The van der Waals surface area contributed by atoms with Gasteiger partial charge in [-0.3, -0.25) is 0 Å². The quantitative estimate of drug-likeness (QED) is 0.749. The molecular formula is C23H25N2O3-. The molecule has 1 aliphatic heterocycles. The minimum absolute atomic E-state index is 0.141. The maximum atomic E-state index is 10.6. The number of rotatable bonds is 5. The van der Waals surface area contributed by atoms with Gasteiger partial charge in [0.2, 0.25) is 0 Å². The molecule has 1 aliphatic rings. The third-order valence-corrected chi connectivity index (χ3v) is 5.72. The van der Waals surface area contributed by atoms with E-state index in [0.717, 1.165) is 49.2 Å². The number of carbonyl (C=O) groups excluding carboxylic acids is 1. The monoisotopic (exact) mass is 377 g/mol. The van der Waals surface area contributed by atoms with Crippen molar-refractivity contribution >= 4 is 5.97 Å². The molecule has 1 aromatic carbocycles. The highest BCUT2D eigenvalue weighted by Crippen LogP contribution is 2.44. The van der Waals surface area contributed by atoms with Crippen LogP contribution in [0.25, 0.3) is 0 Å². The number of hydrogen-bond donors (Lipinski definition) is 0. The summed E-state index contributed by atoms with van der Waals surface area (Å²) in [7, 11) is 0. The summed E-state index contributed by atoms with van der Waals surface area (Å²) in [6.07, 6.45) is 3.79. The Morgan fingerprint density at radius 1 is 1.18 bits per heavy atom. The Kier molecular flexibility index (Phi) is 5.99. The summed E-state index contributed by atoms with van der Waals surface area (Å²) in [5.41, 5.74) is 4.40. The lowest BCUT2D eigenvalue weighted by molar-refractivity contribution is -0.304. The number of carboxylic acids is 1. The smallest absolute Gasteiger partial charge is 0.136 e. The first-order valence-electron chi connectivity index (χ1n) is 9.86. The van der Waals surface area contributed by atoms with Crippen molar-refractivity contribution in [2.75, 3.05) is 6.61 Å². The second kappa shape index (κ2) is 8.43. The molecule has 0 amide bonds. The molecule has 1 aromatic heterocycles. The molecule has 28 heavy (non-hydrogen) atoms. The molecule has 146 valence electrons. The predicted molar refractivity (Wildman–Crippen MR) is 105 cm³/mol. The fraction of sp³-hybridized carbons (Fsp3) is 0.435. The van der Waals surface area contributed by atoms with Gasteiger partial charge in [0.25, 0.3) is 0 Å². The van der Waals surface area contributed by atoms with Crippen molar-refractivity contribution in [1.29, 1.82) is 0 Å². The molecule has 0 spiro atoms. The second-order valence-corrected chi connectivity index (χ2v) is 7.15. The number of aliphatic carboxylic acids is 1. The second-order valence-electron chi connectivity index (χ2n) is 7.15. The van der Waals surface area contributed by atoms with Crippen LogP contribution >= 0.6 is 0 Å². The number of aryl methyl sites for hydroxylation is 1. The van der Waals surface area contributed by atoms with E-state index in [1.54, 1.807) is 12.1 Å². The van der Waals surface area contributed by atoms with Crippen LogP contribution in [-0.4, -0.2) is 22.8 Å². The van der Waals surface area contributed by atoms with E-state index in [-0.39, 0.29) is 11.8 Å². The summed E-state index contributed by atoms with van der Waals surface area (Å²) < 4.78 is 5.96. The lowest BCUT2D eigenvalue weighted by Gasteiger charge is -2.38. The van der Waals surface area contributed by atoms with Crippen molar-refractivity contribution in [1.82, 2.24) is 10.2 Å². The standard InChI is InChI=1S/C23H26N2O3/c1-4-16-14-21-20(23(5-2,6-3)11-12-28-21)13-17(16)7-8-18-9-10-19(25-24-18)15-22(26)27/h9-10,13-14H,4-6,11-12,15H2,1-3H3,(H,26,27)/p-1. The van der Waals surface area contributed by atoms with E-state index in [0.29, 0.717) is 11.4 Å². The molecule has 0 bridgehead atoms. The van der Waals surface area contributed by atoms with Gasteiger partial charge in [-0.1, -0.05) is 26.7 Å². The van der Waals surface area contributed by atoms with Gasteiger partial charge in [-0.05, 0) is 61.4 Å². The molecular weight excluding hydrogens is 352 g/mol. The van der Waals surface area contributed by atoms with Gasteiger partial charge >= 0.3 is 0 Å². The Morgan fingerprint density at radius 3 is 2.57 bits per heavy atom. The van der Waals surface area contributed by atoms with Crippen LogP contribution in [0, 0.1) is 11.8 Å². The molecule has 0 radical (unpaired) electrons. The number of carboxylic acid groups (broad SMARTS) is 1. The number of hydrogen-bond acceptors (Lipinski definition) is 5. The number of carbonyl (C=O) groups is 1. The van der Waals surface area contributed by atoms with Crippen molar-refractivity contribution in [2.24, 2.45) is 0 Å². The van der Waals surface area contributed by atoms with Crippen LogP contribution in [0.5, 0.6) is 5.75 Å². The van der Waals surface area contributed by atoms with Gasteiger partial charge in [-0.15, -0.1) is 5.10 Å². The zero-order valence-corrected chi connectivity index (χ0v) is 16.7. The summed E-state index contributed by atoms with van der Waals surface area (Å²) >= 11 is 0. The van der Waals surface area contributed by atoms with E-state index >= 15 is 0 Å². The van der Waals surface area contributed by atoms with Gasteiger partial charge in [0.15, 0.2) is 0 Å². The normalized spacial score (nSPS) is 14.4. The van der Waals surface area contributed by atoms with Crippen molar-refractivity contribution in [3.05, 3.63) is 52.3 Å². The van der Waals surface area contributed by atoms with Crippen LogP contribution in [0.4, 0.5) is 0 Å². The third kappa shape index (κ3) is 4.01. The summed E-state index contributed by atoms with van der Waals surface area (Å²) in [4.78, 5) is 10.6. The third-order valence-electron chi connectivity index (χ3n) is 5.72. The Bertz CT molecular complexity index is 919. The van der Waals surface area contributed by atoms with Gasteiger partial charge in [0.1, 0.15) is 11.4 Å². The Balaban J connectivity index is 1.97. The van der Waals surface area contributed by atoms with E-state index in [1.165, 1.54) is 5.56 Å². The van der Waals surface area contributed by atoms with E-state index in [4.69, 9.17) is 4.74 Å². The number of fused-ring (bicyclic) bond motifs is 1. The fourth-order valence-corrected chi connectivity index (χ4v) is 3.84. The molecule has 0 saturated carbocycles. The van der Waals surface area contributed by atoms with Crippen molar-refractivity contribution in [2.45, 2.75) is 58.3 Å². The van der Waals surface area contributed by atoms with Crippen LogP contribution in [0.15, 0.2) is 24.3 Å². The topological polar surface area (TPSA) is 75.1 Å². The van der Waals surface area contributed by atoms with E-state index in [9.17, 15) is 9.90 Å². The summed E-state index contributed by atoms with van der Waals surface area (Å²) in [5.74, 6) is 6.11. The first-order chi connectivity index (χ1) is 13.5. The molecule has 0 saturated heterocycles. The van der Waals surface area contributed by atoms with Crippen molar-refractivity contribution < 1.29 is 14.6 Å². The summed E-state index contributed by atoms with van der Waals surface area (Å²) in [6, 6.07) is 7.62. The molecule has 2 aromatic rings. The number of ether oxygens (including phenoxy) is 1. The first kappa shape index (κ1) is 19.9. The van der Waals surface area contributed by atoms with Crippen LogP contribution in [0.2, 0.25) is 0 Å². The number of aromatic nitrogens is 2.